The van der Waals surface area contributed by atoms with E-state index in [1.54, 1.807) is 0 Å². The third-order valence-electron chi connectivity index (χ3n) is 3.29. The van der Waals surface area contributed by atoms with E-state index in [4.69, 9.17) is 17.3 Å². The zero-order valence-corrected chi connectivity index (χ0v) is 9.80. The van der Waals surface area contributed by atoms with Crippen LogP contribution in [0.2, 0.25) is 5.02 Å². The Morgan fingerprint density at radius 1 is 1.27 bits per heavy atom. The fourth-order valence-corrected chi connectivity index (χ4v) is 2.48. The molecule has 0 spiro atoms. The van der Waals surface area contributed by atoms with Gasteiger partial charge in [0.15, 0.2) is 0 Å². The van der Waals surface area contributed by atoms with Crippen molar-refractivity contribution in [2.75, 3.05) is 20.1 Å². The lowest BCUT2D eigenvalue weighted by Crippen LogP contribution is -2.47. The molecule has 2 N–H and O–H groups in total. The lowest BCUT2D eigenvalue weighted by molar-refractivity contribution is 0.191. The van der Waals surface area contributed by atoms with Crippen LogP contribution in [-0.4, -0.2) is 25.0 Å². The van der Waals surface area contributed by atoms with Crippen LogP contribution in [0, 0.1) is 0 Å². The number of hydrogen-bond acceptors (Lipinski definition) is 2. The highest BCUT2D eigenvalue weighted by molar-refractivity contribution is 6.31. The van der Waals surface area contributed by atoms with Gasteiger partial charge in [-0.05, 0) is 44.6 Å². The van der Waals surface area contributed by atoms with Crippen LogP contribution in [0.5, 0.6) is 0 Å². The molecular formula is C12H17ClN2. The molecule has 0 atom stereocenters. The van der Waals surface area contributed by atoms with Crippen molar-refractivity contribution < 1.29 is 0 Å². The summed E-state index contributed by atoms with van der Waals surface area (Å²) in [5.41, 5.74) is 7.30. The smallest absolute Gasteiger partial charge is 0.0456 e. The van der Waals surface area contributed by atoms with Gasteiger partial charge in [0.1, 0.15) is 0 Å². The molecule has 0 saturated carbocycles. The van der Waals surface area contributed by atoms with Gasteiger partial charge in [-0.1, -0.05) is 29.8 Å². The topological polar surface area (TPSA) is 29.3 Å². The van der Waals surface area contributed by atoms with Crippen molar-refractivity contribution >= 4 is 11.6 Å². The van der Waals surface area contributed by atoms with Crippen LogP contribution in [0.25, 0.3) is 0 Å². The van der Waals surface area contributed by atoms with Crippen LogP contribution in [0.3, 0.4) is 0 Å². The van der Waals surface area contributed by atoms with Gasteiger partial charge >= 0.3 is 0 Å². The van der Waals surface area contributed by atoms with E-state index < -0.39 is 0 Å². The Kier molecular flexibility index (Phi) is 3.01. The molecule has 0 unspecified atom stereocenters. The molecular weight excluding hydrogens is 208 g/mol. The molecule has 0 amide bonds. The number of benzene rings is 1. The molecule has 1 aliphatic rings. The van der Waals surface area contributed by atoms with Crippen LogP contribution in [-0.2, 0) is 5.54 Å². The fraction of sp³-hybridized carbons (Fsp3) is 0.500. The van der Waals surface area contributed by atoms with Crippen molar-refractivity contribution in [3.05, 3.63) is 34.9 Å². The van der Waals surface area contributed by atoms with E-state index in [0.717, 1.165) is 36.5 Å². The predicted octanol–water partition coefficient (Wildman–Crippen LogP) is 2.22. The fourth-order valence-electron chi connectivity index (χ4n) is 2.15. The summed E-state index contributed by atoms with van der Waals surface area (Å²) in [6.07, 6.45) is 1.96. The minimum Gasteiger partial charge on any atom is -0.321 e. The van der Waals surface area contributed by atoms with Gasteiger partial charge in [-0.3, -0.25) is 0 Å². The second-order valence-electron chi connectivity index (χ2n) is 4.44. The molecule has 15 heavy (non-hydrogen) atoms. The van der Waals surface area contributed by atoms with E-state index in [1.807, 2.05) is 24.3 Å². The molecule has 1 aliphatic heterocycles. The van der Waals surface area contributed by atoms with Crippen LogP contribution < -0.4 is 5.73 Å². The van der Waals surface area contributed by atoms with Crippen molar-refractivity contribution in [3.8, 4) is 0 Å². The summed E-state index contributed by atoms with van der Waals surface area (Å²) in [6, 6.07) is 7.93. The molecule has 1 heterocycles. The number of rotatable bonds is 1. The number of hydrogen-bond donors (Lipinski definition) is 1. The highest BCUT2D eigenvalue weighted by Crippen LogP contribution is 2.33. The Balaban J connectivity index is 2.26. The van der Waals surface area contributed by atoms with Crippen LogP contribution in [0.4, 0.5) is 0 Å². The Morgan fingerprint density at radius 2 is 1.87 bits per heavy atom. The molecule has 82 valence electrons. The molecule has 3 heteroatoms. The summed E-state index contributed by atoms with van der Waals surface area (Å²) in [5, 5.41) is 0.796. The molecule has 1 saturated heterocycles. The third-order valence-corrected chi connectivity index (χ3v) is 3.62. The zero-order valence-electron chi connectivity index (χ0n) is 9.04. The average Bonchev–Trinajstić information content (AvgIpc) is 2.23. The van der Waals surface area contributed by atoms with Gasteiger partial charge in [-0.15, -0.1) is 0 Å². The summed E-state index contributed by atoms with van der Waals surface area (Å²) in [4.78, 5) is 2.31. The molecule has 0 bridgehead atoms. The highest BCUT2D eigenvalue weighted by Gasteiger charge is 2.32. The van der Waals surface area contributed by atoms with Crippen molar-refractivity contribution in [3.63, 3.8) is 0 Å². The van der Waals surface area contributed by atoms with Crippen molar-refractivity contribution in [2.24, 2.45) is 5.73 Å². The summed E-state index contributed by atoms with van der Waals surface area (Å²) in [5.74, 6) is 0. The third kappa shape index (κ3) is 2.17. The van der Waals surface area contributed by atoms with Gasteiger partial charge in [-0.2, -0.15) is 0 Å². The first kappa shape index (κ1) is 10.9. The molecule has 2 rings (SSSR count). The summed E-state index contributed by atoms with van der Waals surface area (Å²) >= 11 is 6.19. The maximum Gasteiger partial charge on any atom is 0.0456 e. The second kappa shape index (κ2) is 4.12. The second-order valence-corrected chi connectivity index (χ2v) is 4.85. The van der Waals surface area contributed by atoms with Gasteiger partial charge in [0.05, 0.1) is 0 Å². The molecule has 1 aromatic carbocycles. The number of piperidine rings is 1. The van der Waals surface area contributed by atoms with E-state index in [2.05, 4.69) is 11.9 Å². The Hall–Kier alpha value is -0.570. The number of likely N-dealkylation sites (tertiary alicyclic amines) is 1. The van der Waals surface area contributed by atoms with Crippen LogP contribution in [0.15, 0.2) is 24.3 Å². The largest absolute Gasteiger partial charge is 0.321 e. The van der Waals surface area contributed by atoms with Crippen molar-refractivity contribution in [1.29, 1.82) is 0 Å². The molecule has 1 fully saturated rings. The summed E-state index contributed by atoms with van der Waals surface area (Å²) < 4.78 is 0. The van der Waals surface area contributed by atoms with Gasteiger partial charge < -0.3 is 10.6 Å². The maximum atomic E-state index is 6.43. The lowest BCUT2D eigenvalue weighted by atomic mass is 9.82. The highest BCUT2D eigenvalue weighted by atomic mass is 35.5. The first-order valence-corrected chi connectivity index (χ1v) is 5.72. The molecule has 0 aliphatic carbocycles. The Labute approximate surface area is 96.0 Å². The van der Waals surface area contributed by atoms with E-state index in [1.165, 1.54) is 0 Å². The zero-order chi connectivity index (χ0) is 10.9. The number of halogens is 1. The van der Waals surface area contributed by atoms with E-state index in [-0.39, 0.29) is 5.54 Å². The summed E-state index contributed by atoms with van der Waals surface area (Å²) in [7, 11) is 2.13. The van der Waals surface area contributed by atoms with Crippen LogP contribution in [0.1, 0.15) is 18.4 Å². The van der Waals surface area contributed by atoms with Crippen molar-refractivity contribution in [2.45, 2.75) is 18.4 Å². The van der Waals surface area contributed by atoms with Crippen LogP contribution >= 0.6 is 11.6 Å². The maximum absolute atomic E-state index is 6.43. The molecule has 2 nitrogen and oxygen atoms in total. The predicted molar refractivity (Wildman–Crippen MR) is 64.0 cm³/mol. The minimum atomic E-state index is -0.231. The van der Waals surface area contributed by atoms with E-state index >= 15 is 0 Å². The summed E-state index contributed by atoms with van der Waals surface area (Å²) in [6.45, 7) is 2.09. The normalized spacial score (nSPS) is 21.5. The van der Waals surface area contributed by atoms with Gasteiger partial charge in [0.25, 0.3) is 0 Å². The molecule has 0 aromatic heterocycles. The molecule has 1 aromatic rings. The average molecular weight is 225 g/mol. The first-order valence-electron chi connectivity index (χ1n) is 5.34. The monoisotopic (exact) mass is 224 g/mol. The van der Waals surface area contributed by atoms with E-state index in [9.17, 15) is 0 Å². The standard InChI is InChI=1S/C12H17ClN2/c1-15-8-6-12(14,7-9-15)10-4-2-3-5-11(10)13/h2-5H,6-9,14H2,1H3. The Morgan fingerprint density at radius 3 is 2.47 bits per heavy atom. The van der Waals surface area contributed by atoms with Gasteiger partial charge in [-0.25, -0.2) is 0 Å². The minimum absolute atomic E-state index is 0.231. The van der Waals surface area contributed by atoms with Gasteiger partial charge in [0, 0.05) is 10.6 Å². The number of nitrogens with two attached hydrogens (primary N) is 1. The van der Waals surface area contributed by atoms with Gasteiger partial charge in [0.2, 0.25) is 0 Å². The SMILES string of the molecule is CN1CCC(N)(c2ccccc2Cl)CC1. The molecule has 0 radical (unpaired) electrons. The van der Waals surface area contributed by atoms with E-state index in [0.29, 0.717) is 0 Å². The quantitative estimate of drug-likeness (QED) is 0.793. The Bertz CT molecular complexity index is 343. The van der Waals surface area contributed by atoms with Crippen molar-refractivity contribution in [1.82, 2.24) is 4.90 Å². The number of nitrogens with zero attached hydrogens (tertiary/aromatic N) is 1. The first-order chi connectivity index (χ1) is 7.12. The lowest BCUT2D eigenvalue weighted by Gasteiger charge is -2.38.